The van der Waals surface area contributed by atoms with Crippen molar-refractivity contribution in [3.63, 3.8) is 0 Å². The first-order valence-corrected chi connectivity index (χ1v) is 4.19. The van der Waals surface area contributed by atoms with Gasteiger partial charge in [-0.05, 0) is 0 Å². The van der Waals surface area contributed by atoms with Crippen molar-refractivity contribution in [2.24, 2.45) is 0 Å². The summed E-state index contributed by atoms with van der Waals surface area (Å²) in [4.78, 5) is 0. The van der Waals surface area contributed by atoms with Crippen molar-refractivity contribution in [2.45, 2.75) is 0 Å². The molecule has 0 bridgehead atoms. The average molecular weight is 580 g/mol. The lowest BCUT2D eigenvalue weighted by Gasteiger charge is -1.68. The number of rotatable bonds is 0. The molecule has 0 radical (unpaired) electrons. The lowest BCUT2D eigenvalue weighted by atomic mass is 15.8. The van der Waals surface area contributed by atoms with Gasteiger partial charge in [-0.2, -0.15) is 16.8 Å². The second kappa shape index (κ2) is 157. The van der Waals surface area contributed by atoms with E-state index in [1.165, 1.54) is 0 Å². The van der Waals surface area contributed by atoms with Crippen LogP contribution in [0.2, 0.25) is 0 Å². The summed E-state index contributed by atoms with van der Waals surface area (Å²) in [6, 6.07) is 0. The molecule has 30 heteroatoms. The molecule has 220 valence electrons. The van der Waals surface area contributed by atoms with Crippen molar-refractivity contribution in [1.82, 2.24) is 0 Å². The van der Waals surface area contributed by atoms with Gasteiger partial charge in [0.1, 0.15) is 0 Å². The van der Waals surface area contributed by atoms with E-state index in [1.807, 2.05) is 0 Å². The molecular weight excluding hydrogens is 534 g/mol. The lowest BCUT2D eigenvalue weighted by molar-refractivity contribution is 0.378. The van der Waals surface area contributed by atoms with Crippen LogP contribution in [0.15, 0.2) is 0 Å². The molecule has 0 aliphatic heterocycles. The Balaban J connectivity index is -0.00000000128. The Kier molecular flexibility index (Phi) is 2040. The van der Waals surface area contributed by atoms with E-state index in [0.29, 0.717) is 0 Å². The number of hydrogen-bond acceptors (Lipinski definition) is 4. The largest absolute Gasteiger partial charge is 0.412 e. The van der Waals surface area contributed by atoms with Crippen molar-refractivity contribution in [3.05, 3.63) is 0 Å². The molecule has 0 amide bonds. The van der Waals surface area contributed by atoms with Gasteiger partial charge in [0.15, 0.2) is 34.7 Å². The highest BCUT2D eigenvalue weighted by molar-refractivity contribution is 7.80. The molecule has 0 fully saturated rings. The Bertz CT molecular complexity index is 217. The normalized spacial score (nSPS) is 3.87. The molecule has 0 aromatic carbocycles. The van der Waals surface area contributed by atoms with Crippen LogP contribution in [0.5, 0.6) is 0 Å². The molecule has 0 aromatic rings. The Morgan fingerprint density at radius 1 is 0.267 bits per heavy atom. The van der Waals surface area contributed by atoms with E-state index in [0.717, 1.165) is 0 Å². The summed E-state index contributed by atoms with van der Waals surface area (Å²) in [7, 11) is -9.33. The molecule has 40 N–H and O–H groups in total. The van der Waals surface area contributed by atoms with Crippen LogP contribution in [0.4, 0.5) is 0 Å². The standard InChI is InChI=1S/2Al.2H2O4S.18H2O.6H/c;;2*1-5(2,3)4;;;;;;;;;;;;;;;;;;;;;;;;/h;;2*(H2,1,2,3,4);18*1H2;;;;;;. The van der Waals surface area contributed by atoms with Gasteiger partial charge in [0, 0.05) is 0 Å². The van der Waals surface area contributed by atoms with Gasteiger partial charge in [0.2, 0.25) is 0 Å². The highest BCUT2D eigenvalue weighted by atomic mass is 32.3. The highest BCUT2D eigenvalue weighted by Crippen LogP contribution is 1.59. The second-order valence-electron chi connectivity index (χ2n) is 0.896. The smallest absolute Gasteiger partial charge is 0.394 e. The van der Waals surface area contributed by atoms with Crippen molar-refractivity contribution in [2.75, 3.05) is 0 Å². The van der Waals surface area contributed by atoms with E-state index >= 15 is 0 Å². The van der Waals surface area contributed by atoms with E-state index < -0.39 is 20.8 Å². The Hall–Kier alpha value is 0.0849. The van der Waals surface area contributed by atoms with E-state index in [2.05, 4.69) is 0 Å². The maximum atomic E-state index is 8.74. The molecule has 0 aliphatic carbocycles. The summed E-state index contributed by atoms with van der Waals surface area (Å²) in [5, 5.41) is 0. The molecule has 26 nitrogen and oxygen atoms in total. The van der Waals surface area contributed by atoms with Gasteiger partial charge < -0.3 is 98.6 Å². The van der Waals surface area contributed by atoms with Gasteiger partial charge in [-0.15, -0.1) is 0 Å². The van der Waals surface area contributed by atoms with Gasteiger partial charge in [0.25, 0.3) is 0 Å². The van der Waals surface area contributed by atoms with Crippen LogP contribution in [-0.2, 0) is 20.8 Å². The minimum Gasteiger partial charge on any atom is -0.412 e. The SMILES string of the molecule is O.O.O.O.O.O.O.O.O.O.O.O.O.O.O.O.O.O.O=S(=O)(O)O.O=S(=O)(O)O.[AlH3].[AlH3]. The highest BCUT2D eigenvalue weighted by Gasteiger charge is 1.85. The van der Waals surface area contributed by atoms with Crippen LogP contribution in [0.3, 0.4) is 0 Å². The Morgan fingerprint density at radius 2 is 0.267 bits per heavy atom. The van der Waals surface area contributed by atoms with Gasteiger partial charge in [-0.25, -0.2) is 0 Å². The maximum Gasteiger partial charge on any atom is 0.394 e. The van der Waals surface area contributed by atoms with Crippen molar-refractivity contribution in [3.8, 4) is 0 Å². The topological polar surface area (TPSA) is 716 Å². The van der Waals surface area contributed by atoms with Gasteiger partial charge >= 0.3 is 20.8 Å². The van der Waals surface area contributed by atoms with Crippen LogP contribution < -0.4 is 0 Å². The minimum absolute atomic E-state index is 0. The summed E-state index contributed by atoms with van der Waals surface area (Å²) >= 11 is 0. The van der Waals surface area contributed by atoms with Crippen LogP contribution in [0.25, 0.3) is 0 Å². The zero-order chi connectivity index (χ0) is 9.00. The Morgan fingerprint density at radius 3 is 0.267 bits per heavy atom. The molecule has 0 unspecified atom stereocenters. The third-order valence-corrected chi connectivity index (χ3v) is 0. The van der Waals surface area contributed by atoms with Crippen molar-refractivity contribution >= 4 is 55.5 Å². The first-order valence-electron chi connectivity index (χ1n) is 1.40. The molecule has 0 rings (SSSR count). The first-order chi connectivity index (χ1) is 4.00. The first kappa shape index (κ1) is 389. The quantitative estimate of drug-likeness (QED) is 0.157. The molecule has 0 spiro atoms. The lowest BCUT2D eigenvalue weighted by Crippen LogP contribution is -1.89. The van der Waals surface area contributed by atoms with E-state index in [-0.39, 0.29) is 133 Å². The third-order valence-electron chi connectivity index (χ3n) is 0. The predicted molar refractivity (Wildman–Crippen MR) is 113 cm³/mol. The predicted octanol–water partition coefficient (Wildman–Crippen LogP) is -18.5. The Labute approximate surface area is 189 Å². The summed E-state index contributed by atoms with van der Waals surface area (Å²) in [6.07, 6.45) is 0. The average Bonchev–Trinajstić information content (AvgIpc) is 1.12. The van der Waals surface area contributed by atoms with Crippen LogP contribution >= 0.6 is 0 Å². The number of hydrogen-bond donors (Lipinski definition) is 4. The van der Waals surface area contributed by atoms with Gasteiger partial charge in [0.05, 0.1) is 0 Å². The van der Waals surface area contributed by atoms with Crippen molar-refractivity contribution < 1.29 is 134 Å². The maximum absolute atomic E-state index is 8.74. The zero-order valence-electron chi connectivity index (χ0n) is 13.2. The van der Waals surface area contributed by atoms with E-state index in [9.17, 15) is 0 Å². The molecule has 0 saturated carbocycles. The van der Waals surface area contributed by atoms with E-state index in [1.54, 1.807) is 0 Å². The monoisotopic (exact) mass is 580 g/mol. The summed E-state index contributed by atoms with van der Waals surface area (Å²) in [5.41, 5.74) is 0. The fourth-order valence-electron chi connectivity index (χ4n) is 0. The summed E-state index contributed by atoms with van der Waals surface area (Å²) < 4.78 is 63.2. The van der Waals surface area contributed by atoms with Crippen LogP contribution in [0.1, 0.15) is 0 Å². The summed E-state index contributed by atoms with van der Waals surface area (Å²) in [6.45, 7) is 0. The zero-order valence-corrected chi connectivity index (χ0v) is 14.9. The van der Waals surface area contributed by atoms with E-state index in [4.69, 9.17) is 35.0 Å². The molecule has 0 heterocycles. The molecule has 0 aliphatic rings. The fraction of sp³-hybridized carbons (Fsp3) is 0. The molecule has 0 aromatic heterocycles. The van der Waals surface area contributed by atoms with Crippen LogP contribution in [0, 0.1) is 0 Å². The summed E-state index contributed by atoms with van der Waals surface area (Å²) in [5.74, 6) is 0. The van der Waals surface area contributed by atoms with Gasteiger partial charge in [-0.1, -0.05) is 0 Å². The van der Waals surface area contributed by atoms with Crippen molar-refractivity contribution in [1.29, 1.82) is 0 Å². The molecular formula is H46Al2O26S2. The minimum atomic E-state index is -4.67. The molecule has 0 atom stereocenters. The molecule has 30 heavy (non-hydrogen) atoms. The molecule has 0 saturated heterocycles. The third kappa shape index (κ3) is 2860000. The fourth-order valence-corrected chi connectivity index (χ4v) is 0. The van der Waals surface area contributed by atoms with Crippen LogP contribution in [-0.4, -0.2) is 168 Å². The van der Waals surface area contributed by atoms with Gasteiger partial charge in [-0.3, -0.25) is 18.2 Å². The second-order valence-corrected chi connectivity index (χ2v) is 2.69.